The molecule has 2 aliphatic heterocycles. The van der Waals surface area contributed by atoms with E-state index in [0.717, 1.165) is 56.9 Å². The maximum atomic E-state index is 5.55. The lowest BCUT2D eigenvalue weighted by atomic mass is 9.98. The molecule has 1 N–H and O–H groups in total. The summed E-state index contributed by atoms with van der Waals surface area (Å²) in [5.41, 5.74) is 4.79. The van der Waals surface area contributed by atoms with E-state index in [-0.39, 0.29) is 6.04 Å². The van der Waals surface area contributed by atoms with E-state index < -0.39 is 0 Å². The molecule has 2 aromatic carbocycles. The number of hydrogen-bond acceptors (Lipinski definition) is 6. The largest absolute Gasteiger partial charge is 0.378 e. The van der Waals surface area contributed by atoms with Crippen LogP contribution in [0.25, 0.3) is 0 Å². The standard InChI is InChI=1S/C26H31N5O/c1-19(2)31-17-22-23(18-31)27-26(30-13-15-32-16-14-30)29-25(22)28-24(20-9-5-3-6-10-20)21-11-7-4-8-12-21/h3-12,19,24H,13-18H2,1-2H3,(H,27,28,29). The lowest BCUT2D eigenvalue weighted by molar-refractivity contribution is 0.122. The zero-order chi connectivity index (χ0) is 21.9. The topological polar surface area (TPSA) is 53.5 Å². The first-order valence-corrected chi connectivity index (χ1v) is 11.5. The van der Waals surface area contributed by atoms with Crippen LogP contribution in [-0.4, -0.2) is 47.2 Å². The minimum Gasteiger partial charge on any atom is -0.378 e. The maximum Gasteiger partial charge on any atom is 0.227 e. The monoisotopic (exact) mass is 429 g/mol. The molecule has 6 heteroatoms. The Kier molecular flexibility index (Phi) is 6.06. The van der Waals surface area contributed by atoms with Crippen molar-refractivity contribution >= 4 is 11.8 Å². The fourth-order valence-electron chi connectivity index (χ4n) is 4.44. The van der Waals surface area contributed by atoms with Crippen LogP contribution in [0.2, 0.25) is 0 Å². The van der Waals surface area contributed by atoms with Crippen LogP contribution in [0.1, 0.15) is 42.3 Å². The minimum absolute atomic E-state index is 0.0158. The highest BCUT2D eigenvalue weighted by atomic mass is 16.5. The van der Waals surface area contributed by atoms with Crippen LogP contribution in [0.3, 0.4) is 0 Å². The second-order valence-corrected chi connectivity index (χ2v) is 8.79. The molecular weight excluding hydrogens is 398 g/mol. The summed E-state index contributed by atoms with van der Waals surface area (Å²) in [6.07, 6.45) is 0. The molecule has 0 saturated carbocycles. The number of ether oxygens (including phenoxy) is 1. The highest BCUT2D eigenvalue weighted by molar-refractivity contribution is 5.56. The third-order valence-electron chi connectivity index (χ3n) is 6.37. The number of aromatic nitrogens is 2. The van der Waals surface area contributed by atoms with E-state index >= 15 is 0 Å². The first kappa shape index (κ1) is 20.9. The Labute approximate surface area is 190 Å². The lowest BCUT2D eigenvalue weighted by Gasteiger charge is -2.28. The zero-order valence-electron chi connectivity index (χ0n) is 18.9. The van der Waals surface area contributed by atoms with Gasteiger partial charge in [0.1, 0.15) is 5.82 Å². The van der Waals surface area contributed by atoms with Crippen molar-refractivity contribution in [3.05, 3.63) is 83.0 Å². The lowest BCUT2D eigenvalue weighted by Crippen LogP contribution is -2.37. The smallest absolute Gasteiger partial charge is 0.227 e. The number of benzene rings is 2. The van der Waals surface area contributed by atoms with Crippen molar-refractivity contribution in [2.75, 3.05) is 36.5 Å². The Bertz CT molecular complexity index is 995. The number of nitrogens with zero attached hydrogens (tertiary/aromatic N) is 4. The Morgan fingerprint density at radius 2 is 1.47 bits per heavy atom. The summed E-state index contributed by atoms with van der Waals surface area (Å²) in [5.74, 6) is 1.75. The molecule has 2 aliphatic rings. The van der Waals surface area contributed by atoms with Gasteiger partial charge in [-0.05, 0) is 25.0 Å². The van der Waals surface area contributed by atoms with Gasteiger partial charge in [0.05, 0.1) is 24.9 Å². The van der Waals surface area contributed by atoms with E-state index in [1.165, 1.54) is 16.7 Å². The molecule has 0 bridgehead atoms. The molecule has 1 aromatic heterocycles. The van der Waals surface area contributed by atoms with Gasteiger partial charge in [-0.25, -0.2) is 4.98 Å². The molecule has 1 saturated heterocycles. The summed E-state index contributed by atoms with van der Waals surface area (Å²) in [5, 5.41) is 3.82. The van der Waals surface area contributed by atoms with Gasteiger partial charge in [0.2, 0.25) is 5.95 Å². The van der Waals surface area contributed by atoms with Crippen molar-refractivity contribution in [1.82, 2.24) is 14.9 Å². The van der Waals surface area contributed by atoms with Crippen LogP contribution in [0.4, 0.5) is 11.8 Å². The van der Waals surface area contributed by atoms with Crippen LogP contribution in [0.15, 0.2) is 60.7 Å². The van der Waals surface area contributed by atoms with E-state index in [2.05, 4.69) is 89.6 Å². The van der Waals surface area contributed by atoms with Crippen molar-refractivity contribution in [2.45, 2.75) is 39.0 Å². The second-order valence-electron chi connectivity index (χ2n) is 8.79. The molecule has 0 amide bonds. The third kappa shape index (κ3) is 4.33. The van der Waals surface area contributed by atoms with Gasteiger partial charge in [0, 0.05) is 37.8 Å². The molecule has 6 nitrogen and oxygen atoms in total. The van der Waals surface area contributed by atoms with Crippen LogP contribution < -0.4 is 10.2 Å². The quantitative estimate of drug-likeness (QED) is 0.633. The highest BCUT2D eigenvalue weighted by Gasteiger charge is 2.29. The first-order chi connectivity index (χ1) is 15.7. The molecule has 3 aromatic rings. The predicted molar refractivity (Wildman–Crippen MR) is 128 cm³/mol. The van der Waals surface area contributed by atoms with Gasteiger partial charge in [-0.2, -0.15) is 4.98 Å². The van der Waals surface area contributed by atoms with Gasteiger partial charge in [-0.3, -0.25) is 4.90 Å². The predicted octanol–water partition coefficient (Wildman–Crippen LogP) is 4.24. The normalized spacial score (nSPS) is 16.6. The van der Waals surface area contributed by atoms with Crippen molar-refractivity contribution in [2.24, 2.45) is 0 Å². The maximum absolute atomic E-state index is 5.55. The first-order valence-electron chi connectivity index (χ1n) is 11.5. The summed E-state index contributed by atoms with van der Waals surface area (Å²) in [6.45, 7) is 9.31. The summed E-state index contributed by atoms with van der Waals surface area (Å²) in [6, 6.07) is 21.7. The van der Waals surface area contributed by atoms with E-state index in [9.17, 15) is 0 Å². The number of hydrogen-bond donors (Lipinski definition) is 1. The van der Waals surface area contributed by atoms with Crippen molar-refractivity contribution < 1.29 is 4.74 Å². The number of anilines is 2. The summed E-state index contributed by atoms with van der Waals surface area (Å²) in [4.78, 5) is 14.8. The molecule has 3 heterocycles. The third-order valence-corrected chi connectivity index (χ3v) is 6.37. The van der Waals surface area contributed by atoms with Crippen LogP contribution >= 0.6 is 0 Å². The molecule has 32 heavy (non-hydrogen) atoms. The number of rotatable bonds is 6. The van der Waals surface area contributed by atoms with Crippen LogP contribution in [0.5, 0.6) is 0 Å². The molecular formula is C26H31N5O. The van der Waals surface area contributed by atoms with Crippen LogP contribution in [0, 0.1) is 0 Å². The fourth-order valence-corrected chi connectivity index (χ4v) is 4.44. The van der Waals surface area contributed by atoms with Gasteiger partial charge in [0.15, 0.2) is 0 Å². The van der Waals surface area contributed by atoms with Gasteiger partial charge < -0.3 is 15.0 Å². The van der Waals surface area contributed by atoms with Gasteiger partial charge in [-0.1, -0.05) is 60.7 Å². The van der Waals surface area contributed by atoms with Gasteiger partial charge >= 0.3 is 0 Å². The van der Waals surface area contributed by atoms with Crippen LogP contribution in [-0.2, 0) is 17.8 Å². The molecule has 166 valence electrons. The Morgan fingerprint density at radius 3 is 2.06 bits per heavy atom. The number of morpholine rings is 1. The number of fused-ring (bicyclic) bond motifs is 1. The fraction of sp³-hybridized carbons (Fsp3) is 0.385. The molecule has 0 unspecified atom stereocenters. The second kappa shape index (κ2) is 9.27. The minimum atomic E-state index is 0.0158. The molecule has 0 atom stereocenters. The molecule has 1 fully saturated rings. The summed E-state index contributed by atoms with van der Waals surface area (Å²) in [7, 11) is 0. The Balaban J connectivity index is 1.55. The summed E-state index contributed by atoms with van der Waals surface area (Å²) < 4.78 is 5.55. The molecule has 0 spiro atoms. The summed E-state index contributed by atoms with van der Waals surface area (Å²) >= 11 is 0. The van der Waals surface area contributed by atoms with E-state index in [0.29, 0.717) is 6.04 Å². The van der Waals surface area contributed by atoms with E-state index in [4.69, 9.17) is 14.7 Å². The Morgan fingerprint density at radius 1 is 0.844 bits per heavy atom. The number of nitrogens with one attached hydrogen (secondary N) is 1. The van der Waals surface area contributed by atoms with E-state index in [1.807, 2.05) is 0 Å². The Hall–Kier alpha value is -2.96. The van der Waals surface area contributed by atoms with E-state index in [1.54, 1.807) is 0 Å². The molecule has 5 rings (SSSR count). The van der Waals surface area contributed by atoms with Gasteiger partial charge in [-0.15, -0.1) is 0 Å². The molecule has 0 radical (unpaired) electrons. The highest BCUT2D eigenvalue weighted by Crippen LogP contribution is 2.34. The van der Waals surface area contributed by atoms with Gasteiger partial charge in [0.25, 0.3) is 0 Å². The average Bonchev–Trinajstić information content (AvgIpc) is 3.29. The van der Waals surface area contributed by atoms with Crippen molar-refractivity contribution in [3.8, 4) is 0 Å². The molecule has 0 aliphatic carbocycles. The van der Waals surface area contributed by atoms with Crippen molar-refractivity contribution in [1.29, 1.82) is 0 Å². The SMILES string of the molecule is CC(C)N1Cc2nc(N3CCOCC3)nc(NC(c3ccccc3)c3ccccc3)c2C1. The zero-order valence-corrected chi connectivity index (χ0v) is 18.9. The van der Waals surface area contributed by atoms with Crippen molar-refractivity contribution in [3.63, 3.8) is 0 Å². The average molecular weight is 430 g/mol.